The standard InChI is InChI=1S/C11H11N/c1-2-10(8-9-12)11-6-4-3-5-7-11/h3-8H,2H2,1H3/b10-8+. The van der Waals surface area contributed by atoms with E-state index in [1.54, 1.807) is 6.08 Å². The first-order chi connectivity index (χ1) is 5.88. The molecule has 0 spiro atoms. The number of benzene rings is 1. The first-order valence-corrected chi connectivity index (χ1v) is 4.02. The van der Waals surface area contributed by atoms with E-state index in [0.29, 0.717) is 0 Å². The summed E-state index contributed by atoms with van der Waals surface area (Å²) in [7, 11) is 0. The Kier molecular flexibility index (Phi) is 3.10. The van der Waals surface area contributed by atoms with Crippen molar-refractivity contribution >= 4 is 5.57 Å². The number of hydrogen-bond acceptors (Lipinski definition) is 1. The summed E-state index contributed by atoms with van der Waals surface area (Å²) in [5.74, 6) is 0. The van der Waals surface area contributed by atoms with Gasteiger partial charge in [-0.25, -0.2) is 0 Å². The molecule has 0 radical (unpaired) electrons. The fourth-order valence-corrected chi connectivity index (χ4v) is 1.12. The maximum atomic E-state index is 8.50. The minimum absolute atomic E-state index is 0.900. The summed E-state index contributed by atoms with van der Waals surface area (Å²) < 4.78 is 0. The van der Waals surface area contributed by atoms with Crippen molar-refractivity contribution in [3.05, 3.63) is 42.0 Å². The lowest BCUT2D eigenvalue weighted by Crippen LogP contribution is -1.80. The van der Waals surface area contributed by atoms with Gasteiger partial charge in [-0.05, 0) is 17.6 Å². The molecule has 0 bridgehead atoms. The summed E-state index contributed by atoms with van der Waals surface area (Å²) in [5.41, 5.74) is 2.24. The highest BCUT2D eigenvalue weighted by molar-refractivity contribution is 5.67. The summed E-state index contributed by atoms with van der Waals surface area (Å²) in [4.78, 5) is 0. The normalized spacial score (nSPS) is 10.8. The van der Waals surface area contributed by atoms with E-state index in [-0.39, 0.29) is 0 Å². The molecule has 0 amide bonds. The smallest absolute Gasteiger partial charge is 0.0915 e. The summed E-state index contributed by atoms with van der Waals surface area (Å²) in [6.07, 6.45) is 2.51. The van der Waals surface area contributed by atoms with Gasteiger partial charge in [-0.15, -0.1) is 0 Å². The molecule has 0 saturated heterocycles. The maximum absolute atomic E-state index is 8.50. The Balaban J connectivity index is 2.98. The van der Waals surface area contributed by atoms with Crippen molar-refractivity contribution in [3.63, 3.8) is 0 Å². The van der Waals surface area contributed by atoms with E-state index in [4.69, 9.17) is 5.26 Å². The predicted octanol–water partition coefficient (Wildman–Crippen LogP) is 3.00. The highest BCUT2D eigenvalue weighted by Gasteiger charge is 1.95. The van der Waals surface area contributed by atoms with E-state index in [1.807, 2.05) is 30.3 Å². The van der Waals surface area contributed by atoms with Crippen LogP contribution in [0, 0.1) is 11.3 Å². The third kappa shape index (κ3) is 1.96. The summed E-state index contributed by atoms with van der Waals surface area (Å²) >= 11 is 0. The van der Waals surface area contributed by atoms with Gasteiger partial charge in [0.05, 0.1) is 6.07 Å². The van der Waals surface area contributed by atoms with Crippen molar-refractivity contribution in [1.82, 2.24) is 0 Å². The third-order valence-electron chi connectivity index (χ3n) is 1.76. The highest BCUT2D eigenvalue weighted by Crippen LogP contribution is 2.16. The molecule has 0 atom stereocenters. The molecule has 0 unspecified atom stereocenters. The lowest BCUT2D eigenvalue weighted by molar-refractivity contribution is 1.24. The zero-order valence-electron chi connectivity index (χ0n) is 7.12. The molecule has 1 nitrogen and oxygen atoms in total. The topological polar surface area (TPSA) is 23.8 Å². The largest absolute Gasteiger partial charge is 0.193 e. The molecule has 0 aliphatic carbocycles. The van der Waals surface area contributed by atoms with Gasteiger partial charge in [-0.1, -0.05) is 37.3 Å². The Hall–Kier alpha value is -1.55. The summed E-state index contributed by atoms with van der Waals surface area (Å²) in [5, 5.41) is 8.50. The van der Waals surface area contributed by atoms with Gasteiger partial charge in [0.15, 0.2) is 0 Å². The molecule has 0 fully saturated rings. The van der Waals surface area contributed by atoms with Gasteiger partial charge in [-0.2, -0.15) is 5.26 Å². The fourth-order valence-electron chi connectivity index (χ4n) is 1.12. The Morgan fingerprint density at radius 3 is 2.58 bits per heavy atom. The zero-order chi connectivity index (χ0) is 8.81. The number of nitrogens with zero attached hydrogens (tertiary/aromatic N) is 1. The van der Waals surface area contributed by atoms with E-state index in [2.05, 4.69) is 13.0 Å². The van der Waals surface area contributed by atoms with Crippen LogP contribution in [0.25, 0.3) is 5.57 Å². The van der Waals surface area contributed by atoms with Crippen LogP contribution in [0.3, 0.4) is 0 Å². The SMILES string of the molecule is CC/C(=C\C#N)c1ccccc1. The molecule has 1 rings (SSSR count). The second-order valence-electron chi connectivity index (χ2n) is 2.52. The summed E-state index contributed by atoms with van der Waals surface area (Å²) in [6, 6.07) is 12.0. The molecule has 1 aromatic carbocycles. The Morgan fingerprint density at radius 2 is 2.08 bits per heavy atom. The number of nitriles is 1. The van der Waals surface area contributed by atoms with Crippen molar-refractivity contribution in [1.29, 1.82) is 5.26 Å². The van der Waals surface area contributed by atoms with Gasteiger partial charge in [-0.3, -0.25) is 0 Å². The van der Waals surface area contributed by atoms with Crippen LogP contribution >= 0.6 is 0 Å². The molecule has 0 N–H and O–H groups in total. The first-order valence-electron chi connectivity index (χ1n) is 4.02. The van der Waals surface area contributed by atoms with E-state index in [9.17, 15) is 0 Å². The van der Waals surface area contributed by atoms with Crippen molar-refractivity contribution in [3.8, 4) is 6.07 Å². The van der Waals surface area contributed by atoms with Crippen LogP contribution in [-0.2, 0) is 0 Å². The molecule has 12 heavy (non-hydrogen) atoms. The molecule has 0 saturated carbocycles. The average molecular weight is 157 g/mol. The molecular weight excluding hydrogens is 146 g/mol. The molecule has 60 valence electrons. The first kappa shape index (κ1) is 8.55. The minimum Gasteiger partial charge on any atom is -0.193 e. The van der Waals surface area contributed by atoms with Crippen LogP contribution in [0.2, 0.25) is 0 Å². The van der Waals surface area contributed by atoms with Crippen LogP contribution in [0.1, 0.15) is 18.9 Å². The van der Waals surface area contributed by atoms with Gasteiger partial charge in [0, 0.05) is 6.08 Å². The summed E-state index contributed by atoms with van der Waals surface area (Å²) in [6.45, 7) is 2.05. The molecule has 0 aromatic heterocycles. The molecule has 1 aromatic rings. The maximum Gasteiger partial charge on any atom is 0.0915 e. The number of hydrogen-bond donors (Lipinski definition) is 0. The van der Waals surface area contributed by atoms with Crippen LogP contribution in [0.15, 0.2) is 36.4 Å². The van der Waals surface area contributed by atoms with E-state index in [1.165, 1.54) is 0 Å². The number of allylic oxidation sites excluding steroid dienone is 2. The molecule has 1 heteroatoms. The predicted molar refractivity (Wildman–Crippen MR) is 50.3 cm³/mol. The quantitative estimate of drug-likeness (QED) is 0.605. The van der Waals surface area contributed by atoms with Crippen LogP contribution < -0.4 is 0 Å². The lowest BCUT2D eigenvalue weighted by Gasteiger charge is -2.00. The third-order valence-corrected chi connectivity index (χ3v) is 1.76. The van der Waals surface area contributed by atoms with Crippen molar-refractivity contribution < 1.29 is 0 Å². The monoisotopic (exact) mass is 157 g/mol. The van der Waals surface area contributed by atoms with Crippen molar-refractivity contribution in [2.24, 2.45) is 0 Å². The van der Waals surface area contributed by atoms with Gasteiger partial charge in [0.1, 0.15) is 0 Å². The second-order valence-corrected chi connectivity index (χ2v) is 2.52. The minimum atomic E-state index is 0.900. The number of rotatable bonds is 2. The molecule has 0 heterocycles. The zero-order valence-corrected chi connectivity index (χ0v) is 7.12. The van der Waals surface area contributed by atoms with E-state index < -0.39 is 0 Å². The Morgan fingerprint density at radius 1 is 1.42 bits per heavy atom. The second kappa shape index (κ2) is 4.35. The van der Waals surface area contributed by atoms with Gasteiger partial charge in [0.2, 0.25) is 0 Å². The fraction of sp³-hybridized carbons (Fsp3) is 0.182. The van der Waals surface area contributed by atoms with Gasteiger partial charge in [0.25, 0.3) is 0 Å². The molecule has 0 aliphatic rings. The average Bonchev–Trinajstić information content (AvgIpc) is 2.15. The lowest BCUT2D eigenvalue weighted by atomic mass is 10.0. The molecular formula is C11H11N. The van der Waals surface area contributed by atoms with Gasteiger partial charge >= 0.3 is 0 Å². The van der Waals surface area contributed by atoms with Crippen molar-refractivity contribution in [2.75, 3.05) is 0 Å². The Labute approximate surface area is 73.0 Å². The van der Waals surface area contributed by atoms with Crippen molar-refractivity contribution in [2.45, 2.75) is 13.3 Å². The highest BCUT2D eigenvalue weighted by atomic mass is 14.2. The van der Waals surface area contributed by atoms with E-state index >= 15 is 0 Å². The van der Waals surface area contributed by atoms with Crippen LogP contribution in [-0.4, -0.2) is 0 Å². The van der Waals surface area contributed by atoms with Crippen LogP contribution in [0.4, 0.5) is 0 Å². The van der Waals surface area contributed by atoms with Crippen LogP contribution in [0.5, 0.6) is 0 Å². The molecule has 0 aliphatic heterocycles. The van der Waals surface area contributed by atoms with E-state index in [0.717, 1.165) is 17.6 Å². The van der Waals surface area contributed by atoms with Gasteiger partial charge < -0.3 is 0 Å². The Bertz CT molecular complexity index is 304.